The summed E-state index contributed by atoms with van der Waals surface area (Å²) in [5.41, 5.74) is 2.75. The normalized spacial score (nSPS) is 15.6. The smallest absolute Gasteiger partial charge is 0.229 e. The van der Waals surface area contributed by atoms with Crippen LogP contribution in [0.4, 0.5) is 21.3 Å². The molecule has 0 radical (unpaired) electrons. The first-order chi connectivity index (χ1) is 14.7. The Bertz CT molecular complexity index is 1200. The molecular formula is C19H17FN8OS. The van der Waals surface area contributed by atoms with Crippen molar-refractivity contribution in [3.8, 4) is 11.3 Å². The zero-order chi connectivity index (χ0) is 20.1. The minimum absolute atomic E-state index is 0.312. The van der Waals surface area contributed by atoms with Gasteiger partial charge in [-0.3, -0.25) is 5.10 Å². The van der Waals surface area contributed by atoms with Crippen molar-refractivity contribution in [3.05, 3.63) is 46.8 Å². The van der Waals surface area contributed by atoms with Gasteiger partial charge in [-0.15, -0.1) is 11.3 Å². The van der Waals surface area contributed by atoms with Gasteiger partial charge in [0, 0.05) is 29.8 Å². The van der Waals surface area contributed by atoms with Gasteiger partial charge in [0.25, 0.3) is 0 Å². The molecule has 2 N–H and O–H groups in total. The average Bonchev–Trinajstić information content (AvgIpc) is 3.16. The molecule has 0 bridgehead atoms. The number of hydrogen-bond donors (Lipinski definition) is 2. The fraction of sp³-hybridized carbons (Fsp3) is 0.316. The van der Waals surface area contributed by atoms with E-state index in [9.17, 15) is 4.39 Å². The van der Waals surface area contributed by atoms with Gasteiger partial charge in [-0.05, 0) is 12.8 Å². The van der Waals surface area contributed by atoms with Crippen LogP contribution in [0.15, 0.2) is 29.2 Å². The Morgan fingerprint density at radius 1 is 1.27 bits per heavy atom. The molecule has 1 aliphatic heterocycles. The Morgan fingerprint density at radius 2 is 2.13 bits per heavy atom. The van der Waals surface area contributed by atoms with Gasteiger partial charge < -0.3 is 14.7 Å². The molecular weight excluding hydrogens is 407 g/mol. The lowest BCUT2D eigenvalue weighted by Gasteiger charge is -2.20. The van der Waals surface area contributed by atoms with E-state index in [1.165, 1.54) is 12.8 Å². The second-order valence-corrected chi connectivity index (χ2v) is 8.52. The number of H-pyrrole nitrogens is 1. The molecule has 0 atom stereocenters. The lowest BCUT2D eigenvalue weighted by molar-refractivity contribution is 0.377. The van der Waals surface area contributed by atoms with Gasteiger partial charge in [0.1, 0.15) is 17.3 Å². The molecule has 0 aromatic carbocycles. The van der Waals surface area contributed by atoms with Crippen molar-refractivity contribution in [1.82, 2.24) is 30.3 Å². The largest absolute Gasteiger partial charge is 0.361 e. The van der Waals surface area contributed by atoms with E-state index in [4.69, 9.17) is 9.51 Å². The van der Waals surface area contributed by atoms with Gasteiger partial charge in [-0.1, -0.05) is 5.16 Å². The predicted molar refractivity (Wildman–Crippen MR) is 108 cm³/mol. The summed E-state index contributed by atoms with van der Waals surface area (Å²) in [6, 6.07) is 2.07. The summed E-state index contributed by atoms with van der Waals surface area (Å²) in [5.74, 6) is 2.29. The average molecular weight is 424 g/mol. The molecule has 0 saturated heterocycles. The van der Waals surface area contributed by atoms with E-state index in [0.29, 0.717) is 23.5 Å². The van der Waals surface area contributed by atoms with Crippen molar-refractivity contribution in [2.75, 3.05) is 16.8 Å². The van der Waals surface area contributed by atoms with E-state index in [2.05, 4.69) is 41.6 Å². The molecule has 152 valence electrons. The van der Waals surface area contributed by atoms with E-state index in [1.54, 1.807) is 17.5 Å². The number of thiazole rings is 1. The third-order valence-corrected chi connectivity index (χ3v) is 6.28. The lowest BCUT2D eigenvalue weighted by Crippen LogP contribution is -2.25. The Balaban J connectivity index is 1.26. The maximum absolute atomic E-state index is 13.0. The summed E-state index contributed by atoms with van der Waals surface area (Å²) >= 11 is 1.54. The van der Waals surface area contributed by atoms with E-state index in [0.717, 1.165) is 58.8 Å². The molecule has 4 aromatic rings. The van der Waals surface area contributed by atoms with E-state index in [1.807, 2.05) is 0 Å². The highest BCUT2D eigenvalue weighted by atomic mass is 32.1. The summed E-state index contributed by atoms with van der Waals surface area (Å²) in [6.45, 7) is 1.44. The van der Waals surface area contributed by atoms with Gasteiger partial charge in [-0.25, -0.2) is 19.3 Å². The molecule has 0 unspecified atom stereocenters. The number of halogens is 1. The van der Waals surface area contributed by atoms with Gasteiger partial charge in [0.05, 0.1) is 36.4 Å². The number of aromatic nitrogens is 6. The SMILES string of the molecule is Fc1cnc(Nc2nc3c(s2)CCN(Cc2cc(C4CC4)on2)c2[nH]ncc2-3)nc1. The molecule has 4 aromatic heterocycles. The number of fused-ring (bicyclic) bond motifs is 3. The first-order valence-corrected chi connectivity index (χ1v) is 10.5. The third kappa shape index (κ3) is 3.20. The molecule has 0 amide bonds. The van der Waals surface area contributed by atoms with Gasteiger partial charge in [-0.2, -0.15) is 5.10 Å². The maximum atomic E-state index is 13.0. The summed E-state index contributed by atoms with van der Waals surface area (Å²) in [4.78, 5) is 16.0. The Labute approximate surface area is 174 Å². The van der Waals surface area contributed by atoms with Crippen LogP contribution < -0.4 is 10.2 Å². The second kappa shape index (κ2) is 6.87. The topological polar surface area (TPSA) is 109 Å². The van der Waals surface area contributed by atoms with Crippen LogP contribution in [0.2, 0.25) is 0 Å². The minimum Gasteiger partial charge on any atom is -0.361 e. The third-order valence-electron chi connectivity index (χ3n) is 5.25. The van der Waals surface area contributed by atoms with Gasteiger partial charge >= 0.3 is 0 Å². The molecule has 5 heterocycles. The fourth-order valence-corrected chi connectivity index (χ4v) is 4.57. The zero-order valence-electron chi connectivity index (χ0n) is 15.8. The molecule has 9 nitrogen and oxygen atoms in total. The second-order valence-electron chi connectivity index (χ2n) is 7.44. The molecule has 1 fully saturated rings. The highest BCUT2D eigenvalue weighted by molar-refractivity contribution is 7.16. The van der Waals surface area contributed by atoms with Crippen molar-refractivity contribution in [2.24, 2.45) is 0 Å². The molecule has 30 heavy (non-hydrogen) atoms. The molecule has 11 heteroatoms. The van der Waals surface area contributed by atoms with E-state index >= 15 is 0 Å². The highest BCUT2D eigenvalue weighted by Gasteiger charge is 2.29. The Kier molecular flexibility index (Phi) is 4.01. The molecule has 6 rings (SSSR count). The molecule has 2 aliphatic rings. The highest BCUT2D eigenvalue weighted by Crippen LogP contribution is 2.41. The van der Waals surface area contributed by atoms with Crippen molar-refractivity contribution >= 4 is 28.2 Å². The quantitative estimate of drug-likeness (QED) is 0.500. The van der Waals surface area contributed by atoms with Crippen LogP contribution in [0.3, 0.4) is 0 Å². The van der Waals surface area contributed by atoms with E-state index < -0.39 is 5.82 Å². The van der Waals surface area contributed by atoms with Crippen molar-refractivity contribution in [2.45, 2.75) is 31.7 Å². The van der Waals surface area contributed by atoms with Crippen molar-refractivity contribution < 1.29 is 8.91 Å². The number of nitrogens with one attached hydrogen (secondary N) is 2. The number of aromatic amines is 1. The van der Waals surface area contributed by atoms with Crippen LogP contribution in [0.5, 0.6) is 0 Å². The zero-order valence-corrected chi connectivity index (χ0v) is 16.6. The fourth-order valence-electron chi connectivity index (χ4n) is 3.62. The lowest BCUT2D eigenvalue weighted by atomic mass is 10.2. The van der Waals surface area contributed by atoms with Crippen LogP contribution in [0.1, 0.15) is 35.1 Å². The first-order valence-electron chi connectivity index (χ1n) is 9.71. The number of anilines is 3. The standard InChI is InChI=1S/C19H17FN8OS/c20-11-6-21-18(22-7-11)25-19-24-16-13-8-23-26-17(13)28(4-3-15(16)30-19)9-12-5-14(29-27-12)10-1-2-10/h5-8,10H,1-4,9H2,(H,23,26)(H,21,22,24,25). The molecule has 0 spiro atoms. The van der Waals surface area contributed by atoms with Crippen LogP contribution in [0.25, 0.3) is 11.3 Å². The monoisotopic (exact) mass is 424 g/mol. The van der Waals surface area contributed by atoms with Gasteiger partial charge in [0.2, 0.25) is 5.95 Å². The summed E-state index contributed by atoms with van der Waals surface area (Å²) in [6.07, 6.45) is 7.25. The number of rotatable bonds is 5. The molecule has 1 saturated carbocycles. The first kappa shape index (κ1) is 17.5. The molecule has 1 aliphatic carbocycles. The number of hydrogen-bond acceptors (Lipinski definition) is 9. The van der Waals surface area contributed by atoms with Gasteiger partial charge in [0.15, 0.2) is 10.9 Å². The Morgan fingerprint density at radius 3 is 2.97 bits per heavy atom. The summed E-state index contributed by atoms with van der Waals surface area (Å²) < 4.78 is 18.5. The minimum atomic E-state index is -0.477. The summed E-state index contributed by atoms with van der Waals surface area (Å²) in [5, 5.41) is 15.3. The van der Waals surface area contributed by atoms with Crippen LogP contribution in [-0.4, -0.2) is 36.9 Å². The van der Waals surface area contributed by atoms with Crippen LogP contribution in [-0.2, 0) is 13.0 Å². The van der Waals surface area contributed by atoms with Crippen LogP contribution >= 0.6 is 11.3 Å². The Hall–Kier alpha value is -3.34. The summed E-state index contributed by atoms with van der Waals surface area (Å²) in [7, 11) is 0. The van der Waals surface area contributed by atoms with Crippen LogP contribution in [0, 0.1) is 5.82 Å². The van der Waals surface area contributed by atoms with Crippen molar-refractivity contribution in [1.29, 1.82) is 0 Å². The number of nitrogens with zero attached hydrogens (tertiary/aromatic N) is 6. The maximum Gasteiger partial charge on any atom is 0.229 e. The predicted octanol–water partition coefficient (Wildman–Crippen LogP) is 3.63. The van der Waals surface area contributed by atoms with Crippen molar-refractivity contribution in [3.63, 3.8) is 0 Å². The van der Waals surface area contributed by atoms with E-state index in [-0.39, 0.29) is 0 Å².